The second-order valence-corrected chi connectivity index (χ2v) is 9.13. The number of imidazole rings is 1. The van der Waals surface area contributed by atoms with Crippen LogP contribution in [0.25, 0.3) is 55.2 Å². The summed E-state index contributed by atoms with van der Waals surface area (Å²) in [6.07, 6.45) is 4.74. The molecule has 0 aliphatic heterocycles. The first-order valence-electron chi connectivity index (χ1n) is 11.3. The highest BCUT2D eigenvalue weighted by atomic mass is 32.1. The molecule has 0 saturated heterocycles. The Labute approximate surface area is 204 Å². The smallest absolute Gasteiger partial charge is 0.225 e. The number of H-pyrrole nitrogens is 2. The molecular formula is C26H21N7OS. The Kier molecular flexibility index (Phi) is 5.31. The van der Waals surface area contributed by atoms with E-state index in [2.05, 4.69) is 48.0 Å². The number of rotatable bonds is 6. The molecule has 5 aromatic heterocycles. The average Bonchev–Trinajstić information content (AvgIpc) is 3.63. The number of pyridine rings is 2. The van der Waals surface area contributed by atoms with Crippen LogP contribution in [-0.2, 0) is 4.79 Å². The van der Waals surface area contributed by atoms with Crippen LogP contribution in [0.1, 0.15) is 19.8 Å². The fraction of sp³-hybridized carbons (Fsp3) is 0.115. The van der Waals surface area contributed by atoms with Gasteiger partial charge in [0, 0.05) is 34.0 Å². The molecule has 0 fully saturated rings. The number of hydrogen-bond donors (Lipinski definition) is 3. The fourth-order valence-electron chi connectivity index (χ4n) is 4.08. The molecule has 9 heteroatoms. The number of carbonyl (C=O) groups is 1. The van der Waals surface area contributed by atoms with Crippen LogP contribution < -0.4 is 5.32 Å². The number of thiophene rings is 1. The maximum Gasteiger partial charge on any atom is 0.225 e. The van der Waals surface area contributed by atoms with Gasteiger partial charge in [0.05, 0.1) is 28.4 Å². The van der Waals surface area contributed by atoms with Crippen LogP contribution >= 0.6 is 11.3 Å². The molecule has 1 amide bonds. The quantitative estimate of drug-likeness (QED) is 0.270. The van der Waals surface area contributed by atoms with Crippen LogP contribution in [0.3, 0.4) is 0 Å². The minimum atomic E-state index is -0.0385. The van der Waals surface area contributed by atoms with Gasteiger partial charge in [0.25, 0.3) is 0 Å². The number of amides is 1. The molecule has 1 aromatic carbocycles. The Morgan fingerprint density at radius 1 is 1.06 bits per heavy atom. The summed E-state index contributed by atoms with van der Waals surface area (Å²) >= 11 is 1.69. The number of anilines is 1. The van der Waals surface area contributed by atoms with Crippen molar-refractivity contribution in [2.45, 2.75) is 19.8 Å². The van der Waals surface area contributed by atoms with E-state index in [1.165, 1.54) is 4.88 Å². The Hall–Kier alpha value is -4.37. The number of aromatic amines is 2. The predicted octanol–water partition coefficient (Wildman–Crippen LogP) is 6.03. The third kappa shape index (κ3) is 3.95. The lowest BCUT2D eigenvalue weighted by Crippen LogP contribution is -2.11. The molecule has 0 saturated carbocycles. The molecule has 6 aromatic rings. The first-order valence-corrected chi connectivity index (χ1v) is 12.2. The molecule has 0 bridgehead atoms. The van der Waals surface area contributed by atoms with E-state index in [-0.39, 0.29) is 5.91 Å². The van der Waals surface area contributed by atoms with Crippen molar-refractivity contribution in [1.29, 1.82) is 0 Å². The number of aromatic nitrogens is 6. The number of hydrogen-bond acceptors (Lipinski definition) is 6. The van der Waals surface area contributed by atoms with Crippen LogP contribution in [0.4, 0.5) is 5.82 Å². The highest BCUT2D eigenvalue weighted by Gasteiger charge is 2.16. The van der Waals surface area contributed by atoms with E-state index < -0.39 is 0 Å². The monoisotopic (exact) mass is 479 g/mol. The minimum absolute atomic E-state index is 0.0385. The zero-order valence-corrected chi connectivity index (χ0v) is 19.7. The molecule has 172 valence electrons. The van der Waals surface area contributed by atoms with Crippen molar-refractivity contribution in [3.8, 4) is 33.2 Å². The Morgan fingerprint density at radius 2 is 2.00 bits per heavy atom. The van der Waals surface area contributed by atoms with Gasteiger partial charge in [-0.05, 0) is 42.1 Å². The Morgan fingerprint density at radius 3 is 2.80 bits per heavy atom. The van der Waals surface area contributed by atoms with Gasteiger partial charge in [0.15, 0.2) is 5.82 Å². The van der Waals surface area contributed by atoms with Crippen LogP contribution in [0, 0.1) is 0 Å². The molecule has 3 N–H and O–H groups in total. The van der Waals surface area contributed by atoms with Crippen LogP contribution in [0.5, 0.6) is 0 Å². The van der Waals surface area contributed by atoms with Crippen molar-refractivity contribution in [3.05, 3.63) is 66.3 Å². The average molecular weight is 480 g/mol. The topological polar surface area (TPSA) is 112 Å². The van der Waals surface area contributed by atoms with E-state index in [0.29, 0.717) is 18.1 Å². The van der Waals surface area contributed by atoms with Crippen molar-refractivity contribution in [1.82, 2.24) is 30.1 Å². The van der Waals surface area contributed by atoms with Crippen molar-refractivity contribution in [2.24, 2.45) is 0 Å². The van der Waals surface area contributed by atoms with Gasteiger partial charge >= 0.3 is 0 Å². The van der Waals surface area contributed by atoms with E-state index >= 15 is 0 Å². The summed E-state index contributed by atoms with van der Waals surface area (Å²) in [5.41, 5.74) is 6.12. The van der Waals surface area contributed by atoms with E-state index in [9.17, 15) is 4.79 Å². The van der Waals surface area contributed by atoms with Crippen LogP contribution in [0.15, 0.2) is 66.3 Å². The number of nitrogens with zero attached hydrogens (tertiary/aromatic N) is 4. The molecule has 35 heavy (non-hydrogen) atoms. The van der Waals surface area contributed by atoms with Crippen LogP contribution in [0.2, 0.25) is 0 Å². The number of fused-ring (bicyclic) bond motifs is 2. The molecule has 0 aliphatic rings. The third-order valence-electron chi connectivity index (χ3n) is 5.77. The van der Waals surface area contributed by atoms with Crippen molar-refractivity contribution in [2.75, 3.05) is 5.32 Å². The number of benzene rings is 1. The predicted molar refractivity (Wildman–Crippen MR) is 139 cm³/mol. The van der Waals surface area contributed by atoms with E-state index in [1.54, 1.807) is 29.8 Å². The molecule has 8 nitrogen and oxygen atoms in total. The van der Waals surface area contributed by atoms with Crippen LogP contribution in [-0.4, -0.2) is 36.0 Å². The molecule has 0 atom stereocenters. The van der Waals surface area contributed by atoms with E-state index in [4.69, 9.17) is 4.98 Å². The highest BCUT2D eigenvalue weighted by molar-refractivity contribution is 7.13. The maximum atomic E-state index is 11.8. The zero-order chi connectivity index (χ0) is 23.8. The largest absolute Gasteiger partial charge is 0.337 e. The Balaban J connectivity index is 1.37. The summed E-state index contributed by atoms with van der Waals surface area (Å²) in [5.74, 6) is 1.18. The lowest BCUT2D eigenvalue weighted by atomic mass is 10.1. The summed E-state index contributed by atoms with van der Waals surface area (Å²) < 4.78 is 0. The van der Waals surface area contributed by atoms with Gasteiger partial charge in [-0.2, -0.15) is 5.10 Å². The van der Waals surface area contributed by atoms with Gasteiger partial charge in [0.2, 0.25) is 5.91 Å². The molecule has 0 aliphatic carbocycles. The molecule has 0 unspecified atom stereocenters. The standard InChI is InChI=1S/C26H21N7OS/c1-2-5-23(34)30-22-10-9-15(13-28-22)19-12-17-20(14-27-19)32-33-25(17)26-29-18-7-3-6-16(24(18)31-26)21-8-4-11-35-21/h3-4,6-14H,2,5H2,1H3,(H,29,31)(H,32,33)(H,28,30,34). The first-order chi connectivity index (χ1) is 17.2. The van der Waals surface area contributed by atoms with Crippen molar-refractivity contribution >= 4 is 45.0 Å². The third-order valence-corrected chi connectivity index (χ3v) is 6.68. The molecular weight excluding hydrogens is 458 g/mol. The van der Waals surface area contributed by atoms with E-state index in [1.807, 2.05) is 37.3 Å². The van der Waals surface area contributed by atoms with Gasteiger partial charge in [0.1, 0.15) is 11.5 Å². The van der Waals surface area contributed by atoms with Gasteiger partial charge in [-0.1, -0.05) is 25.1 Å². The maximum absolute atomic E-state index is 11.8. The van der Waals surface area contributed by atoms with Crippen molar-refractivity contribution in [3.63, 3.8) is 0 Å². The van der Waals surface area contributed by atoms with Gasteiger partial charge in [-0.3, -0.25) is 14.9 Å². The highest BCUT2D eigenvalue weighted by Crippen LogP contribution is 2.34. The summed E-state index contributed by atoms with van der Waals surface area (Å²) in [6.45, 7) is 1.97. The first kappa shape index (κ1) is 21.2. The second-order valence-electron chi connectivity index (χ2n) is 8.18. The minimum Gasteiger partial charge on any atom is -0.337 e. The molecule has 0 spiro atoms. The molecule has 6 rings (SSSR count). The number of nitrogens with one attached hydrogen (secondary N) is 3. The van der Waals surface area contributed by atoms with Gasteiger partial charge in [-0.25, -0.2) is 9.97 Å². The lowest BCUT2D eigenvalue weighted by Gasteiger charge is -2.05. The summed E-state index contributed by atoms with van der Waals surface area (Å²) in [5, 5.41) is 13.4. The zero-order valence-electron chi connectivity index (χ0n) is 18.9. The lowest BCUT2D eigenvalue weighted by molar-refractivity contribution is -0.116. The Bertz CT molecular complexity index is 1650. The van der Waals surface area contributed by atoms with Gasteiger partial charge < -0.3 is 10.3 Å². The summed E-state index contributed by atoms with van der Waals surface area (Å²) in [4.78, 5) is 30.3. The van der Waals surface area contributed by atoms with Crippen molar-refractivity contribution < 1.29 is 4.79 Å². The normalized spacial score (nSPS) is 11.3. The summed E-state index contributed by atoms with van der Waals surface area (Å²) in [6, 6.07) is 16.0. The van der Waals surface area contributed by atoms with E-state index in [0.717, 1.165) is 50.9 Å². The molecule has 0 radical (unpaired) electrons. The number of para-hydroxylation sites is 1. The number of carbonyl (C=O) groups excluding carboxylic acids is 1. The van der Waals surface area contributed by atoms with Gasteiger partial charge in [-0.15, -0.1) is 11.3 Å². The second kappa shape index (κ2) is 8.77. The fourth-order valence-corrected chi connectivity index (χ4v) is 4.83. The summed E-state index contributed by atoms with van der Waals surface area (Å²) in [7, 11) is 0. The molecule has 5 heterocycles. The SMILES string of the molecule is CCCC(=O)Nc1ccc(-c2cc3c(-c4nc5c(-c6cccs6)cccc5[nH]4)n[nH]c3cn2)cn1.